The molecule has 76 valence electrons. The van der Waals surface area contributed by atoms with Crippen molar-refractivity contribution in [2.75, 3.05) is 13.2 Å². The van der Waals surface area contributed by atoms with Crippen LogP contribution in [-0.4, -0.2) is 18.9 Å². The average Bonchev–Trinajstić information content (AvgIpc) is 2.84. The second-order valence-electron chi connectivity index (χ2n) is 3.08. The summed E-state index contributed by atoms with van der Waals surface area (Å²) in [4.78, 5) is 0. The molecule has 1 aliphatic rings. The molecular weight excluding hydrogens is 187 g/mol. The molecule has 3 nitrogen and oxygen atoms in total. The van der Waals surface area contributed by atoms with Gasteiger partial charge >= 0.3 is 7.60 Å². The third-order valence-electron chi connectivity index (χ3n) is 2.13. The van der Waals surface area contributed by atoms with Gasteiger partial charge in [-0.15, -0.1) is 6.58 Å². The van der Waals surface area contributed by atoms with Crippen molar-refractivity contribution in [3.05, 3.63) is 12.7 Å². The van der Waals surface area contributed by atoms with Crippen molar-refractivity contribution < 1.29 is 13.6 Å². The van der Waals surface area contributed by atoms with Crippen LogP contribution in [0, 0.1) is 5.92 Å². The van der Waals surface area contributed by atoms with Crippen LogP contribution in [0.1, 0.15) is 20.3 Å². The van der Waals surface area contributed by atoms with Gasteiger partial charge in [0.15, 0.2) is 0 Å². The fourth-order valence-electron chi connectivity index (χ4n) is 1.41. The largest absolute Gasteiger partial charge is 0.334 e. The Bertz CT molecular complexity index is 217. The van der Waals surface area contributed by atoms with Gasteiger partial charge in [-0.2, -0.15) is 0 Å². The molecule has 0 N–H and O–H groups in total. The molecule has 0 radical (unpaired) electrons. The van der Waals surface area contributed by atoms with Crippen LogP contribution in [0.5, 0.6) is 0 Å². The van der Waals surface area contributed by atoms with Crippen LogP contribution in [-0.2, 0) is 13.6 Å². The number of hydrogen-bond acceptors (Lipinski definition) is 3. The Labute approximate surface area is 79.7 Å². The predicted octanol–water partition coefficient (Wildman–Crippen LogP) is 2.83. The molecule has 1 aliphatic carbocycles. The van der Waals surface area contributed by atoms with Crippen molar-refractivity contribution >= 4 is 7.60 Å². The standard InChI is InChI=1S/C9H17O3P/c1-4-8-7-9(8)13(10,11-5-2)12-6-3/h4,8-9H,1,5-7H2,2-3H3. The maximum Gasteiger partial charge on any atom is 0.334 e. The summed E-state index contributed by atoms with van der Waals surface area (Å²) in [6, 6.07) is 0. The normalized spacial score (nSPS) is 27.2. The highest BCUT2D eigenvalue weighted by molar-refractivity contribution is 7.55. The highest BCUT2D eigenvalue weighted by atomic mass is 31.2. The minimum atomic E-state index is -2.82. The molecule has 0 aromatic carbocycles. The first-order valence-corrected chi connectivity index (χ1v) is 6.30. The molecule has 0 heterocycles. The van der Waals surface area contributed by atoms with Crippen LogP contribution in [0.3, 0.4) is 0 Å². The number of rotatable bonds is 6. The highest BCUT2D eigenvalue weighted by Crippen LogP contribution is 2.65. The molecule has 4 heteroatoms. The van der Waals surface area contributed by atoms with Crippen LogP contribution in [0.25, 0.3) is 0 Å². The van der Waals surface area contributed by atoms with Crippen molar-refractivity contribution in [3.8, 4) is 0 Å². The first-order chi connectivity index (χ1) is 6.18. The fourth-order valence-corrected chi connectivity index (χ4v) is 3.68. The molecule has 0 spiro atoms. The molecule has 1 rings (SSSR count). The molecule has 0 saturated heterocycles. The Balaban J connectivity index is 2.57. The van der Waals surface area contributed by atoms with Crippen molar-refractivity contribution in [3.63, 3.8) is 0 Å². The Morgan fingerprint density at radius 2 is 2.00 bits per heavy atom. The van der Waals surface area contributed by atoms with Gasteiger partial charge < -0.3 is 9.05 Å². The molecule has 1 saturated carbocycles. The third kappa shape index (κ3) is 2.43. The molecule has 2 unspecified atom stereocenters. The summed E-state index contributed by atoms with van der Waals surface area (Å²) in [7, 11) is -2.82. The number of hydrogen-bond donors (Lipinski definition) is 0. The maximum absolute atomic E-state index is 12.1. The Morgan fingerprint density at radius 1 is 1.46 bits per heavy atom. The zero-order valence-electron chi connectivity index (χ0n) is 8.23. The third-order valence-corrected chi connectivity index (χ3v) is 4.77. The summed E-state index contributed by atoms with van der Waals surface area (Å²) < 4.78 is 22.5. The summed E-state index contributed by atoms with van der Waals surface area (Å²) in [5.41, 5.74) is 0.0601. The lowest BCUT2D eigenvalue weighted by molar-refractivity contribution is 0.218. The molecule has 0 bridgehead atoms. The van der Waals surface area contributed by atoms with Crippen molar-refractivity contribution in [2.45, 2.75) is 25.9 Å². The summed E-state index contributed by atoms with van der Waals surface area (Å²) in [5, 5.41) is 0. The SMILES string of the molecule is C=CC1CC1P(=O)(OCC)OCC. The van der Waals surface area contributed by atoms with E-state index in [9.17, 15) is 4.57 Å². The Kier molecular flexibility index (Phi) is 3.72. The van der Waals surface area contributed by atoms with E-state index in [0.29, 0.717) is 19.1 Å². The lowest BCUT2D eigenvalue weighted by Gasteiger charge is -2.16. The van der Waals surface area contributed by atoms with Gasteiger partial charge in [0.1, 0.15) is 0 Å². The quantitative estimate of drug-likeness (QED) is 0.493. The summed E-state index contributed by atoms with van der Waals surface area (Å²) in [6.07, 6.45) is 2.72. The summed E-state index contributed by atoms with van der Waals surface area (Å²) in [5.74, 6) is 0.323. The lowest BCUT2D eigenvalue weighted by atomic mass is 10.4. The van der Waals surface area contributed by atoms with Crippen LogP contribution in [0.15, 0.2) is 12.7 Å². The van der Waals surface area contributed by atoms with Crippen molar-refractivity contribution in [1.82, 2.24) is 0 Å². The maximum atomic E-state index is 12.1. The van der Waals surface area contributed by atoms with Crippen LogP contribution >= 0.6 is 7.60 Å². The molecule has 0 aromatic heterocycles. The van der Waals surface area contributed by atoms with E-state index in [0.717, 1.165) is 6.42 Å². The molecule has 0 aliphatic heterocycles. The molecule has 1 fully saturated rings. The first-order valence-electron chi connectivity index (χ1n) is 4.69. The van der Waals surface area contributed by atoms with Gasteiger partial charge in [0.05, 0.1) is 18.9 Å². The monoisotopic (exact) mass is 204 g/mol. The molecule has 2 atom stereocenters. The zero-order valence-corrected chi connectivity index (χ0v) is 9.13. The van der Waals surface area contributed by atoms with E-state index in [1.165, 1.54) is 0 Å². The molecular formula is C9H17O3P. The first kappa shape index (κ1) is 11.0. The van der Waals surface area contributed by atoms with Crippen LogP contribution in [0.2, 0.25) is 0 Å². The highest BCUT2D eigenvalue weighted by Gasteiger charge is 2.51. The second-order valence-corrected chi connectivity index (χ2v) is 5.34. The van der Waals surface area contributed by atoms with Gasteiger partial charge in [-0.25, -0.2) is 0 Å². The smallest absolute Gasteiger partial charge is 0.309 e. The topological polar surface area (TPSA) is 35.5 Å². The van der Waals surface area contributed by atoms with Crippen LogP contribution < -0.4 is 0 Å². The number of allylic oxidation sites excluding steroid dienone is 1. The van der Waals surface area contributed by atoms with Gasteiger partial charge in [0.25, 0.3) is 0 Å². The second kappa shape index (κ2) is 4.41. The van der Waals surface area contributed by atoms with Crippen molar-refractivity contribution in [2.24, 2.45) is 5.92 Å². The summed E-state index contributed by atoms with van der Waals surface area (Å²) in [6.45, 7) is 8.22. The Morgan fingerprint density at radius 3 is 2.31 bits per heavy atom. The van der Waals surface area contributed by atoms with E-state index in [4.69, 9.17) is 9.05 Å². The van der Waals surface area contributed by atoms with E-state index in [2.05, 4.69) is 6.58 Å². The minimum Gasteiger partial charge on any atom is -0.309 e. The van der Waals surface area contributed by atoms with Gasteiger partial charge in [0.2, 0.25) is 0 Å². The average molecular weight is 204 g/mol. The van der Waals surface area contributed by atoms with E-state index in [1.54, 1.807) is 0 Å². The van der Waals surface area contributed by atoms with Crippen LogP contribution in [0.4, 0.5) is 0 Å². The van der Waals surface area contributed by atoms with Gasteiger partial charge in [0, 0.05) is 0 Å². The fraction of sp³-hybridized carbons (Fsp3) is 0.778. The van der Waals surface area contributed by atoms with Gasteiger partial charge in [-0.3, -0.25) is 4.57 Å². The van der Waals surface area contributed by atoms with Crippen molar-refractivity contribution in [1.29, 1.82) is 0 Å². The van der Waals surface area contributed by atoms with E-state index in [1.807, 2.05) is 19.9 Å². The Hall–Kier alpha value is -0.110. The molecule has 0 amide bonds. The van der Waals surface area contributed by atoms with Gasteiger partial charge in [-0.1, -0.05) is 6.08 Å². The lowest BCUT2D eigenvalue weighted by Crippen LogP contribution is -2.01. The predicted molar refractivity (Wildman–Crippen MR) is 53.0 cm³/mol. The van der Waals surface area contributed by atoms with E-state index in [-0.39, 0.29) is 5.66 Å². The zero-order chi connectivity index (χ0) is 9.90. The molecule has 13 heavy (non-hydrogen) atoms. The van der Waals surface area contributed by atoms with E-state index < -0.39 is 7.60 Å². The van der Waals surface area contributed by atoms with E-state index >= 15 is 0 Å². The molecule has 0 aromatic rings. The minimum absolute atomic E-state index is 0.0601. The summed E-state index contributed by atoms with van der Waals surface area (Å²) >= 11 is 0. The van der Waals surface area contributed by atoms with Gasteiger partial charge in [-0.05, 0) is 26.2 Å².